The van der Waals surface area contributed by atoms with Crippen LogP contribution in [0.2, 0.25) is 0 Å². The number of para-hydroxylation sites is 1. The first-order valence-corrected chi connectivity index (χ1v) is 10.9. The lowest BCUT2D eigenvalue weighted by Crippen LogP contribution is -2.49. The van der Waals surface area contributed by atoms with Crippen LogP contribution in [0.15, 0.2) is 48.5 Å². The maximum absolute atomic E-state index is 13.3. The molecule has 0 aromatic heterocycles. The summed E-state index contributed by atoms with van der Waals surface area (Å²) in [7, 11) is 3.22. The predicted molar refractivity (Wildman–Crippen MR) is 121 cm³/mol. The van der Waals surface area contributed by atoms with Crippen LogP contribution in [0, 0.1) is 5.92 Å². The number of carbonyl (C=O) groups excluding carboxylic acids is 2. The Morgan fingerprint density at radius 1 is 1.13 bits per heavy atom. The molecule has 0 bridgehead atoms. The third-order valence-electron chi connectivity index (χ3n) is 5.85. The number of rotatable bonds is 8. The summed E-state index contributed by atoms with van der Waals surface area (Å²) in [6, 6.07) is 14.6. The highest BCUT2D eigenvalue weighted by atomic mass is 16.5. The largest absolute Gasteiger partial charge is 0.497 e. The second-order valence-electron chi connectivity index (χ2n) is 7.99. The first-order valence-electron chi connectivity index (χ1n) is 10.9. The van der Waals surface area contributed by atoms with Crippen LogP contribution in [-0.2, 0) is 9.59 Å². The Labute approximate surface area is 184 Å². The van der Waals surface area contributed by atoms with E-state index in [1.54, 1.807) is 19.1 Å². The van der Waals surface area contributed by atoms with E-state index in [-0.39, 0.29) is 23.8 Å². The first-order chi connectivity index (χ1) is 15.0. The number of piperidine rings is 1. The van der Waals surface area contributed by atoms with Gasteiger partial charge in [0, 0.05) is 23.7 Å². The van der Waals surface area contributed by atoms with Crippen LogP contribution in [0.4, 0.5) is 5.69 Å². The van der Waals surface area contributed by atoms with Crippen LogP contribution in [0.1, 0.15) is 51.1 Å². The zero-order valence-corrected chi connectivity index (χ0v) is 18.8. The van der Waals surface area contributed by atoms with E-state index in [1.807, 2.05) is 55.5 Å². The topological polar surface area (TPSA) is 67.9 Å². The van der Waals surface area contributed by atoms with Gasteiger partial charge in [0.15, 0.2) is 0 Å². The lowest BCUT2D eigenvalue weighted by atomic mass is 9.82. The van der Waals surface area contributed by atoms with Crippen molar-refractivity contribution in [1.29, 1.82) is 0 Å². The highest BCUT2D eigenvalue weighted by molar-refractivity contribution is 5.97. The van der Waals surface area contributed by atoms with Gasteiger partial charge in [0.25, 0.3) is 0 Å². The van der Waals surface area contributed by atoms with Crippen LogP contribution in [0.3, 0.4) is 0 Å². The maximum Gasteiger partial charge on any atom is 0.227 e. The fraction of sp³-hybridized carbons (Fsp3) is 0.440. The Bertz CT molecular complexity index is 897. The number of methoxy groups -OCH3 is 2. The predicted octanol–water partition coefficient (Wildman–Crippen LogP) is 4.49. The van der Waals surface area contributed by atoms with Crippen molar-refractivity contribution < 1.29 is 19.1 Å². The van der Waals surface area contributed by atoms with Gasteiger partial charge >= 0.3 is 0 Å². The summed E-state index contributed by atoms with van der Waals surface area (Å²) in [5, 5.41) is 3.16. The highest BCUT2D eigenvalue weighted by Crippen LogP contribution is 2.43. The lowest BCUT2D eigenvalue weighted by molar-refractivity contribution is -0.129. The number of ether oxygens (including phenoxy) is 2. The van der Waals surface area contributed by atoms with E-state index in [9.17, 15) is 9.59 Å². The third kappa shape index (κ3) is 5.01. The fourth-order valence-corrected chi connectivity index (χ4v) is 4.34. The summed E-state index contributed by atoms with van der Waals surface area (Å²) in [5.41, 5.74) is 1.57. The molecular weight excluding hydrogens is 392 g/mol. The van der Waals surface area contributed by atoms with Crippen molar-refractivity contribution in [2.45, 2.75) is 51.6 Å². The second kappa shape index (κ2) is 10.3. The highest BCUT2D eigenvalue weighted by Gasteiger charge is 2.42. The summed E-state index contributed by atoms with van der Waals surface area (Å²) >= 11 is 0. The van der Waals surface area contributed by atoms with Gasteiger partial charge in [0.05, 0.1) is 26.2 Å². The first kappa shape index (κ1) is 22.7. The van der Waals surface area contributed by atoms with E-state index in [0.717, 1.165) is 24.1 Å². The third-order valence-corrected chi connectivity index (χ3v) is 5.85. The van der Waals surface area contributed by atoms with Crippen LogP contribution >= 0.6 is 0 Å². The Balaban J connectivity index is 2.05. The summed E-state index contributed by atoms with van der Waals surface area (Å²) in [5.74, 6) is 0.967. The molecule has 3 unspecified atom stereocenters. The molecular formula is C25H32N2O4. The standard InChI is InChI=1S/C25H32N2O4/c1-5-8-17(2)26-25(29)21-15-16-23(28)27(18-11-13-19(30-3)14-12-18)24(21)20-9-6-7-10-22(20)31-4/h6-7,9-14,17,21,24H,5,8,15-16H2,1-4H3,(H,26,29). The van der Waals surface area contributed by atoms with Gasteiger partial charge in [-0.1, -0.05) is 31.5 Å². The molecule has 6 heteroatoms. The number of hydrogen-bond acceptors (Lipinski definition) is 4. The Morgan fingerprint density at radius 3 is 2.48 bits per heavy atom. The number of nitrogens with one attached hydrogen (secondary N) is 1. The monoisotopic (exact) mass is 424 g/mol. The molecule has 0 aliphatic carbocycles. The van der Waals surface area contributed by atoms with Gasteiger partial charge in [-0.25, -0.2) is 0 Å². The van der Waals surface area contributed by atoms with Gasteiger partial charge in [0.1, 0.15) is 11.5 Å². The van der Waals surface area contributed by atoms with E-state index in [4.69, 9.17) is 9.47 Å². The molecule has 166 valence electrons. The number of amides is 2. The van der Waals surface area contributed by atoms with Crippen LogP contribution < -0.4 is 19.7 Å². The molecule has 2 aromatic carbocycles. The molecule has 1 aliphatic heterocycles. The molecule has 6 nitrogen and oxygen atoms in total. The fourth-order valence-electron chi connectivity index (χ4n) is 4.34. The van der Waals surface area contributed by atoms with E-state index >= 15 is 0 Å². The molecule has 1 aliphatic rings. The average molecular weight is 425 g/mol. The number of anilines is 1. The van der Waals surface area contributed by atoms with E-state index in [1.165, 1.54) is 0 Å². The van der Waals surface area contributed by atoms with Crippen LogP contribution in [0.5, 0.6) is 11.5 Å². The van der Waals surface area contributed by atoms with Crippen LogP contribution in [0.25, 0.3) is 0 Å². The summed E-state index contributed by atoms with van der Waals surface area (Å²) in [4.78, 5) is 28.2. The van der Waals surface area contributed by atoms with E-state index in [0.29, 0.717) is 24.3 Å². The minimum Gasteiger partial charge on any atom is -0.497 e. The molecule has 3 atom stereocenters. The van der Waals surface area contributed by atoms with E-state index < -0.39 is 6.04 Å². The average Bonchev–Trinajstić information content (AvgIpc) is 2.79. The van der Waals surface area contributed by atoms with Crippen molar-refractivity contribution in [3.8, 4) is 11.5 Å². The zero-order valence-electron chi connectivity index (χ0n) is 18.8. The zero-order chi connectivity index (χ0) is 22.4. The van der Waals surface area contributed by atoms with Crippen molar-refractivity contribution in [3.05, 3.63) is 54.1 Å². The number of carbonyl (C=O) groups is 2. The molecule has 1 fully saturated rings. The Kier molecular flexibility index (Phi) is 7.55. The number of hydrogen-bond donors (Lipinski definition) is 1. The molecule has 1 N–H and O–H groups in total. The van der Waals surface area contributed by atoms with Crippen molar-refractivity contribution >= 4 is 17.5 Å². The molecule has 2 aromatic rings. The molecule has 0 radical (unpaired) electrons. The molecule has 2 amide bonds. The summed E-state index contributed by atoms with van der Waals surface area (Å²) < 4.78 is 10.9. The number of benzene rings is 2. The quantitative estimate of drug-likeness (QED) is 0.678. The van der Waals surface area contributed by atoms with Gasteiger partial charge in [-0.2, -0.15) is 0 Å². The van der Waals surface area contributed by atoms with Gasteiger partial charge in [-0.3, -0.25) is 9.59 Å². The minimum atomic E-state index is -0.459. The van der Waals surface area contributed by atoms with Gasteiger partial charge in [0.2, 0.25) is 11.8 Å². The lowest BCUT2D eigenvalue weighted by Gasteiger charge is -2.41. The van der Waals surface area contributed by atoms with Gasteiger partial charge in [-0.05, 0) is 50.1 Å². The normalized spacial score (nSPS) is 19.6. The molecule has 0 spiro atoms. The van der Waals surface area contributed by atoms with Gasteiger partial charge < -0.3 is 19.7 Å². The van der Waals surface area contributed by atoms with Crippen molar-refractivity contribution in [2.24, 2.45) is 5.92 Å². The van der Waals surface area contributed by atoms with E-state index in [2.05, 4.69) is 12.2 Å². The molecule has 3 rings (SSSR count). The minimum absolute atomic E-state index is 0.00766. The molecule has 31 heavy (non-hydrogen) atoms. The second-order valence-corrected chi connectivity index (χ2v) is 7.99. The van der Waals surface area contributed by atoms with Crippen molar-refractivity contribution in [2.75, 3.05) is 19.1 Å². The summed E-state index contributed by atoms with van der Waals surface area (Å²) in [6.45, 7) is 4.12. The number of nitrogens with zero attached hydrogens (tertiary/aromatic N) is 1. The summed E-state index contributed by atoms with van der Waals surface area (Å²) in [6.07, 6.45) is 2.73. The van der Waals surface area contributed by atoms with Crippen LogP contribution in [-0.4, -0.2) is 32.1 Å². The van der Waals surface area contributed by atoms with Gasteiger partial charge in [-0.15, -0.1) is 0 Å². The molecule has 0 saturated carbocycles. The maximum atomic E-state index is 13.3. The smallest absolute Gasteiger partial charge is 0.227 e. The SMILES string of the molecule is CCCC(C)NC(=O)C1CCC(=O)N(c2ccc(OC)cc2)C1c1ccccc1OC. The molecule has 1 heterocycles. The van der Waals surface area contributed by atoms with Crippen molar-refractivity contribution in [3.63, 3.8) is 0 Å². The Hall–Kier alpha value is -3.02. The molecule has 1 saturated heterocycles. The Morgan fingerprint density at radius 2 is 1.84 bits per heavy atom. The van der Waals surface area contributed by atoms with Crippen molar-refractivity contribution in [1.82, 2.24) is 5.32 Å².